The fraction of sp³-hybridized carbons (Fsp3) is 0.538. The monoisotopic (exact) mass is 231 g/mol. The van der Waals surface area contributed by atoms with Gasteiger partial charge in [-0.2, -0.15) is 0 Å². The van der Waals surface area contributed by atoms with E-state index in [0.717, 1.165) is 11.6 Å². The van der Waals surface area contributed by atoms with Crippen LogP contribution in [0.5, 0.6) is 0 Å². The van der Waals surface area contributed by atoms with Crippen molar-refractivity contribution in [1.82, 2.24) is 5.32 Å². The average Bonchev–Trinajstić information content (AvgIpc) is 2.36. The zero-order chi connectivity index (χ0) is 13.1. The Kier molecular flexibility index (Phi) is 11.5. The maximum Gasteiger partial charge on any atom is 0.159 e. The summed E-state index contributed by atoms with van der Waals surface area (Å²) in [7, 11) is 1.77. The van der Waals surface area contributed by atoms with Crippen LogP contribution in [0.2, 0.25) is 0 Å². The van der Waals surface area contributed by atoms with Crippen LogP contribution >= 0.6 is 0 Å². The van der Waals surface area contributed by atoms with Crippen LogP contribution < -0.4 is 5.32 Å². The Labute approximate surface area is 97.9 Å². The third kappa shape index (κ3) is 5.81. The van der Waals surface area contributed by atoms with Gasteiger partial charge in [0.25, 0.3) is 0 Å². The molecule has 0 heterocycles. The molecule has 1 aromatic rings. The molecule has 0 aromatic heterocycles. The van der Waals surface area contributed by atoms with Crippen molar-refractivity contribution in [1.29, 1.82) is 0 Å². The van der Waals surface area contributed by atoms with Gasteiger partial charge in [-0.15, -0.1) is 0 Å². The Morgan fingerprint density at radius 2 is 1.50 bits per heavy atom. The minimum absolute atomic E-state index is 0.0418. The van der Waals surface area contributed by atoms with Gasteiger partial charge < -0.3 is 5.32 Å². The van der Waals surface area contributed by atoms with Gasteiger partial charge in [0.05, 0.1) is 0 Å². The molecule has 1 N–H and O–H groups in total. The molecule has 0 radical (unpaired) electrons. The first-order chi connectivity index (χ1) is 7.65. The van der Waals surface area contributed by atoms with E-state index in [1.165, 1.54) is 6.07 Å². The van der Waals surface area contributed by atoms with Crippen molar-refractivity contribution < 1.29 is 8.78 Å². The molecular formula is C13H23F2N. The van der Waals surface area contributed by atoms with Crippen LogP contribution in [0.1, 0.15) is 46.2 Å². The molecule has 0 aliphatic rings. The summed E-state index contributed by atoms with van der Waals surface area (Å²) in [5.41, 5.74) is 0.747. The molecule has 0 amide bonds. The summed E-state index contributed by atoms with van der Waals surface area (Å²) in [5.74, 6) is -1.60. The van der Waals surface area contributed by atoms with Crippen molar-refractivity contribution in [2.24, 2.45) is 0 Å². The van der Waals surface area contributed by atoms with E-state index in [4.69, 9.17) is 0 Å². The third-order valence-electron chi connectivity index (χ3n) is 1.88. The first kappa shape index (κ1) is 17.4. The van der Waals surface area contributed by atoms with E-state index in [2.05, 4.69) is 5.32 Å². The van der Waals surface area contributed by atoms with E-state index in [-0.39, 0.29) is 6.04 Å². The maximum atomic E-state index is 12.7. The van der Waals surface area contributed by atoms with Crippen LogP contribution in [0.4, 0.5) is 8.78 Å². The molecule has 3 heteroatoms. The second-order valence-corrected chi connectivity index (χ2v) is 2.68. The second kappa shape index (κ2) is 10.6. The second-order valence-electron chi connectivity index (χ2n) is 2.68. The number of benzene rings is 1. The molecular weight excluding hydrogens is 208 g/mol. The molecule has 1 atom stereocenters. The number of rotatable bonds is 2. The molecule has 0 bridgehead atoms. The summed E-state index contributed by atoms with van der Waals surface area (Å²) in [4.78, 5) is 0. The lowest BCUT2D eigenvalue weighted by atomic mass is 10.1. The fourth-order valence-electron chi connectivity index (χ4n) is 0.948. The predicted octanol–water partition coefficient (Wildman–Crippen LogP) is 4.30. The van der Waals surface area contributed by atoms with Gasteiger partial charge in [0.2, 0.25) is 0 Å². The highest BCUT2D eigenvalue weighted by Crippen LogP contribution is 2.14. The molecule has 0 spiro atoms. The van der Waals surface area contributed by atoms with Crippen molar-refractivity contribution in [2.45, 2.75) is 40.7 Å². The van der Waals surface area contributed by atoms with E-state index >= 15 is 0 Å². The molecule has 0 aliphatic carbocycles. The van der Waals surface area contributed by atoms with Crippen LogP contribution in [0, 0.1) is 11.6 Å². The SMILES string of the molecule is CC.CC.CN[C@@H](C)c1ccc(F)c(F)c1. The summed E-state index contributed by atoms with van der Waals surface area (Å²) in [6, 6.07) is 3.95. The minimum atomic E-state index is -0.804. The van der Waals surface area contributed by atoms with Gasteiger partial charge in [0.15, 0.2) is 11.6 Å². The van der Waals surface area contributed by atoms with Gasteiger partial charge in [-0.3, -0.25) is 0 Å². The van der Waals surface area contributed by atoms with E-state index in [0.29, 0.717) is 0 Å². The van der Waals surface area contributed by atoms with Gasteiger partial charge >= 0.3 is 0 Å². The van der Waals surface area contributed by atoms with Crippen LogP contribution in [0.15, 0.2) is 18.2 Å². The predicted molar refractivity (Wildman–Crippen MR) is 66.5 cm³/mol. The highest BCUT2D eigenvalue weighted by molar-refractivity contribution is 5.20. The summed E-state index contributed by atoms with van der Waals surface area (Å²) in [6.07, 6.45) is 0. The minimum Gasteiger partial charge on any atom is -0.313 e. The molecule has 16 heavy (non-hydrogen) atoms. The first-order valence-corrected chi connectivity index (χ1v) is 5.77. The van der Waals surface area contributed by atoms with Crippen LogP contribution in [-0.2, 0) is 0 Å². The summed E-state index contributed by atoms with van der Waals surface area (Å²) < 4.78 is 25.1. The van der Waals surface area contributed by atoms with Gasteiger partial charge in [-0.25, -0.2) is 8.78 Å². The number of hydrogen-bond donors (Lipinski definition) is 1. The maximum absolute atomic E-state index is 12.7. The highest BCUT2D eigenvalue weighted by atomic mass is 19.2. The van der Waals surface area contributed by atoms with Crippen LogP contribution in [-0.4, -0.2) is 7.05 Å². The molecule has 0 aliphatic heterocycles. The normalized spacial score (nSPS) is 10.5. The Bertz CT molecular complexity index is 275. The van der Waals surface area contributed by atoms with E-state index in [1.807, 2.05) is 34.6 Å². The smallest absolute Gasteiger partial charge is 0.159 e. The van der Waals surface area contributed by atoms with E-state index in [9.17, 15) is 8.78 Å². The fourth-order valence-corrected chi connectivity index (χ4v) is 0.948. The van der Waals surface area contributed by atoms with Crippen molar-refractivity contribution in [2.75, 3.05) is 7.05 Å². The van der Waals surface area contributed by atoms with Gasteiger partial charge in [-0.05, 0) is 31.7 Å². The van der Waals surface area contributed by atoms with Crippen molar-refractivity contribution in [3.05, 3.63) is 35.4 Å². The van der Waals surface area contributed by atoms with Crippen molar-refractivity contribution in [3.63, 3.8) is 0 Å². The number of hydrogen-bond acceptors (Lipinski definition) is 1. The lowest BCUT2D eigenvalue weighted by Crippen LogP contribution is -2.12. The van der Waals surface area contributed by atoms with Gasteiger partial charge in [0.1, 0.15) is 0 Å². The summed E-state index contributed by atoms with van der Waals surface area (Å²) in [5, 5.41) is 2.94. The van der Waals surface area contributed by atoms with Crippen LogP contribution in [0.3, 0.4) is 0 Å². The largest absolute Gasteiger partial charge is 0.313 e. The standard InChI is InChI=1S/C9H11F2N.2C2H6/c1-6(12-2)7-3-4-8(10)9(11)5-7;2*1-2/h3-6,12H,1-2H3;2*1-2H3/t6-;;/m0../s1. The Hall–Kier alpha value is -0.960. The van der Waals surface area contributed by atoms with E-state index < -0.39 is 11.6 Å². The molecule has 0 saturated heterocycles. The number of nitrogens with one attached hydrogen (secondary N) is 1. The molecule has 1 rings (SSSR count). The van der Waals surface area contributed by atoms with E-state index in [1.54, 1.807) is 13.1 Å². The summed E-state index contributed by atoms with van der Waals surface area (Å²) in [6.45, 7) is 9.88. The zero-order valence-electron chi connectivity index (χ0n) is 11.1. The average molecular weight is 231 g/mol. The zero-order valence-corrected chi connectivity index (χ0v) is 11.1. The quantitative estimate of drug-likeness (QED) is 0.800. The molecule has 0 saturated carbocycles. The van der Waals surface area contributed by atoms with Gasteiger partial charge in [0, 0.05) is 6.04 Å². The molecule has 94 valence electrons. The molecule has 1 aromatic carbocycles. The summed E-state index contributed by atoms with van der Waals surface area (Å²) >= 11 is 0. The van der Waals surface area contributed by atoms with Crippen molar-refractivity contribution >= 4 is 0 Å². The Morgan fingerprint density at radius 3 is 1.88 bits per heavy atom. The first-order valence-electron chi connectivity index (χ1n) is 5.77. The van der Waals surface area contributed by atoms with Gasteiger partial charge in [-0.1, -0.05) is 33.8 Å². The number of halogens is 2. The highest BCUT2D eigenvalue weighted by Gasteiger charge is 2.06. The molecule has 1 nitrogen and oxygen atoms in total. The lowest BCUT2D eigenvalue weighted by molar-refractivity contribution is 0.504. The lowest BCUT2D eigenvalue weighted by Gasteiger charge is -2.09. The Morgan fingerprint density at radius 1 is 1.00 bits per heavy atom. The Balaban J connectivity index is 0. The van der Waals surface area contributed by atoms with Crippen LogP contribution in [0.25, 0.3) is 0 Å². The topological polar surface area (TPSA) is 12.0 Å². The molecule has 0 unspecified atom stereocenters. The van der Waals surface area contributed by atoms with Crippen molar-refractivity contribution in [3.8, 4) is 0 Å². The third-order valence-corrected chi connectivity index (χ3v) is 1.88. The molecule has 0 fully saturated rings.